The van der Waals surface area contributed by atoms with Gasteiger partial charge in [0, 0.05) is 10.8 Å². The highest BCUT2D eigenvalue weighted by Gasteiger charge is 2.31. The maximum atomic E-state index is 9.32. The van der Waals surface area contributed by atoms with Gasteiger partial charge in [0.15, 0.2) is 0 Å². The van der Waals surface area contributed by atoms with Gasteiger partial charge in [-0.2, -0.15) is 10.2 Å². The number of nitrogens with two attached hydrogens (primary N) is 2. The number of ether oxygens (including phenoxy) is 1. The summed E-state index contributed by atoms with van der Waals surface area (Å²) in [5.41, 5.74) is 13.3. The second kappa shape index (κ2) is 5.67. The predicted molar refractivity (Wildman–Crippen MR) is 96.9 cm³/mol. The van der Waals surface area contributed by atoms with E-state index < -0.39 is 0 Å². The summed E-state index contributed by atoms with van der Waals surface area (Å²) >= 11 is 3.21. The van der Waals surface area contributed by atoms with Gasteiger partial charge in [-0.25, -0.2) is 0 Å². The topological polar surface area (TPSA) is 98.0 Å². The molecule has 1 atom stereocenters. The molecule has 5 nitrogen and oxygen atoms in total. The molecule has 4 heterocycles. The number of hydrogen-bond acceptors (Lipinski definition) is 7. The van der Waals surface area contributed by atoms with Crippen molar-refractivity contribution in [3.63, 3.8) is 0 Å². The van der Waals surface area contributed by atoms with Gasteiger partial charge in [0.05, 0.1) is 16.1 Å². The number of hydrogen-bond donors (Lipinski definition) is 2. The van der Waals surface area contributed by atoms with E-state index in [-0.39, 0.29) is 17.3 Å². The minimum absolute atomic E-state index is 0.0890. The van der Waals surface area contributed by atoms with Crippen molar-refractivity contribution in [3.05, 3.63) is 62.0 Å². The van der Waals surface area contributed by atoms with E-state index in [4.69, 9.17) is 16.2 Å². The van der Waals surface area contributed by atoms with Crippen LogP contribution in [0.15, 0.2) is 41.1 Å². The molecule has 0 bridgehead atoms. The van der Waals surface area contributed by atoms with Crippen molar-refractivity contribution >= 4 is 39.9 Å². The first-order valence-electron chi connectivity index (χ1n) is 7.15. The van der Waals surface area contributed by atoms with Crippen molar-refractivity contribution in [1.82, 2.24) is 4.98 Å². The molecule has 0 saturated carbocycles. The van der Waals surface area contributed by atoms with Crippen molar-refractivity contribution in [2.24, 2.45) is 0 Å². The minimum Gasteiger partial charge on any atom is -0.437 e. The maximum Gasteiger partial charge on any atom is 0.227 e. The Hall–Kier alpha value is -2.82. The van der Waals surface area contributed by atoms with Gasteiger partial charge in [-0.3, -0.25) is 0 Å². The Balaban J connectivity index is 1.95. The van der Waals surface area contributed by atoms with Crippen molar-refractivity contribution in [2.45, 2.75) is 5.92 Å². The van der Waals surface area contributed by atoms with Crippen LogP contribution in [0.25, 0.3) is 5.76 Å². The standard InChI is InChI=1S/C17H12N4OS2/c18-8-10-15(19)14-9(12-3-1-5-23-12)7-11(13-4-2-6-24-13)22-17(14)21-16(10)20/h1-7,9H,(H4,19,20,21). The predicted octanol–water partition coefficient (Wildman–Crippen LogP) is 3.81. The third-order valence-corrected chi connectivity index (χ3v) is 5.67. The molecule has 0 aromatic carbocycles. The second-order valence-electron chi connectivity index (χ2n) is 5.22. The Labute approximate surface area is 146 Å². The fourth-order valence-electron chi connectivity index (χ4n) is 2.73. The summed E-state index contributed by atoms with van der Waals surface area (Å²) in [5.74, 6) is 1.07. The van der Waals surface area contributed by atoms with E-state index in [1.54, 1.807) is 22.7 Å². The van der Waals surface area contributed by atoms with Gasteiger partial charge in [-0.15, -0.1) is 22.7 Å². The summed E-state index contributed by atoms with van der Waals surface area (Å²) < 4.78 is 5.96. The summed E-state index contributed by atoms with van der Waals surface area (Å²) in [6.45, 7) is 0. The van der Waals surface area contributed by atoms with Gasteiger partial charge in [-0.1, -0.05) is 12.1 Å². The van der Waals surface area contributed by atoms with Crippen LogP contribution >= 0.6 is 22.7 Å². The van der Waals surface area contributed by atoms with Gasteiger partial charge < -0.3 is 16.2 Å². The van der Waals surface area contributed by atoms with E-state index >= 15 is 0 Å². The van der Waals surface area contributed by atoms with Crippen LogP contribution in [-0.4, -0.2) is 4.98 Å². The summed E-state index contributed by atoms with van der Waals surface area (Å²) in [6.07, 6.45) is 2.02. The molecular weight excluding hydrogens is 340 g/mol. The third-order valence-electron chi connectivity index (χ3n) is 3.83. The van der Waals surface area contributed by atoms with Crippen LogP contribution in [0.4, 0.5) is 11.5 Å². The van der Waals surface area contributed by atoms with E-state index in [9.17, 15) is 5.26 Å². The van der Waals surface area contributed by atoms with Gasteiger partial charge in [0.25, 0.3) is 0 Å². The Morgan fingerprint density at radius 2 is 1.96 bits per heavy atom. The molecule has 3 aromatic rings. The molecule has 3 aromatic heterocycles. The number of thiophene rings is 2. The van der Waals surface area contributed by atoms with E-state index in [0.717, 1.165) is 15.5 Å². The van der Waals surface area contributed by atoms with E-state index in [0.29, 0.717) is 17.1 Å². The molecule has 1 aliphatic heterocycles. The van der Waals surface area contributed by atoms with Crippen LogP contribution in [-0.2, 0) is 0 Å². The molecule has 0 saturated heterocycles. The molecule has 118 valence electrons. The first-order chi connectivity index (χ1) is 11.7. The summed E-state index contributed by atoms with van der Waals surface area (Å²) in [7, 11) is 0. The lowest BCUT2D eigenvalue weighted by atomic mass is 9.92. The quantitative estimate of drug-likeness (QED) is 0.731. The molecule has 7 heteroatoms. The Morgan fingerprint density at radius 3 is 2.62 bits per heavy atom. The molecular formula is C17H12N4OS2. The van der Waals surface area contributed by atoms with Crippen LogP contribution in [0.3, 0.4) is 0 Å². The van der Waals surface area contributed by atoms with Crippen molar-refractivity contribution in [1.29, 1.82) is 5.26 Å². The molecule has 24 heavy (non-hydrogen) atoms. The summed E-state index contributed by atoms with van der Waals surface area (Å²) in [6, 6.07) is 10.0. The first kappa shape index (κ1) is 14.8. The molecule has 0 radical (unpaired) electrons. The summed E-state index contributed by atoms with van der Waals surface area (Å²) in [4.78, 5) is 6.40. The number of anilines is 2. The molecule has 1 aliphatic rings. The van der Waals surface area contributed by atoms with Crippen LogP contribution in [0.2, 0.25) is 0 Å². The third kappa shape index (κ3) is 2.24. The van der Waals surface area contributed by atoms with E-state index in [1.165, 1.54) is 0 Å². The average molecular weight is 352 g/mol. The van der Waals surface area contributed by atoms with Crippen molar-refractivity contribution in [2.75, 3.05) is 11.5 Å². The van der Waals surface area contributed by atoms with Gasteiger partial charge in [-0.05, 0) is 29.0 Å². The summed E-state index contributed by atoms with van der Waals surface area (Å²) in [5, 5.41) is 13.3. The van der Waals surface area contributed by atoms with Crippen molar-refractivity contribution < 1.29 is 4.74 Å². The fraction of sp³-hybridized carbons (Fsp3) is 0.0588. The number of nitrogens with zero attached hydrogens (tertiary/aromatic N) is 2. The second-order valence-corrected chi connectivity index (χ2v) is 7.15. The molecule has 0 spiro atoms. The number of aromatic nitrogens is 1. The average Bonchev–Trinajstić information content (AvgIpc) is 3.27. The largest absolute Gasteiger partial charge is 0.437 e. The Morgan fingerprint density at radius 1 is 1.17 bits per heavy atom. The van der Waals surface area contributed by atoms with Crippen LogP contribution < -0.4 is 16.2 Å². The highest BCUT2D eigenvalue weighted by Crippen LogP contribution is 2.46. The van der Waals surface area contributed by atoms with Gasteiger partial charge in [0.2, 0.25) is 5.88 Å². The number of nitriles is 1. The lowest BCUT2D eigenvalue weighted by Crippen LogP contribution is -2.15. The number of fused-ring (bicyclic) bond motifs is 1. The van der Waals surface area contributed by atoms with E-state index in [2.05, 4.69) is 4.98 Å². The zero-order chi connectivity index (χ0) is 16.7. The molecule has 0 amide bonds. The van der Waals surface area contributed by atoms with Crippen LogP contribution in [0, 0.1) is 11.3 Å². The van der Waals surface area contributed by atoms with Gasteiger partial charge >= 0.3 is 0 Å². The fourth-order valence-corrected chi connectivity index (χ4v) is 4.22. The normalized spacial score (nSPS) is 16.0. The van der Waals surface area contributed by atoms with Gasteiger partial charge in [0.1, 0.15) is 23.2 Å². The van der Waals surface area contributed by atoms with Crippen molar-refractivity contribution in [3.8, 4) is 11.9 Å². The Bertz CT molecular complexity index is 969. The zero-order valence-electron chi connectivity index (χ0n) is 12.4. The SMILES string of the molecule is N#Cc1c(N)nc2c(c1N)C(c1cccs1)C=C(c1cccs1)O2. The first-order valence-corrected chi connectivity index (χ1v) is 8.91. The zero-order valence-corrected chi connectivity index (χ0v) is 14.0. The number of allylic oxidation sites excluding steroid dienone is 1. The Kier molecular flexibility index (Phi) is 3.49. The lowest BCUT2D eigenvalue weighted by Gasteiger charge is -2.25. The monoisotopic (exact) mass is 352 g/mol. The number of nitrogen functional groups attached to an aromatic ring is 2. The molecule has 0 fully saturated rings. The molecule has 4 N–H and O–H groups in total. The highest BCUT2D eigenvalue weighted by molar-refractivity contribution is 7.11. The highest BCUT2D eigenvalue weighted by atomic mass is 32.1. The number of pyridine rings is 1. The number of rotatable bonds is 2. The smallest absolute Gasteiger partial charge is 0.227 e. The minimum atomic E-state index is -0.119. The van der Waals surface area contributed by atoms with Crippen LogP contribution in [0.1, 0.15) is 26.8 Å². The van der Waals surface area contributed by atoms with Crippen LogP contribution in [0.5, 0.6) is 5.88 Å². The molecule has 0 aliphatic carbocycles. The maximum absolute atomic E-state index is 9.32. The molecule has 4 rings (SSSR count). The lowest BCUT2D eigenvalue weighted by molar-refractivity contribution is 0.475. The van der Waals surface area contributed by atoms with E-state index in [1.807, 2.05) is 47.2 Å². The molecule has 1 unspecified atom stereocenters.